The molecule has 0 radical (unpaired) electrons. The number of aliphatic hydroxyl groups excluding tert-OH is 1. The summed E-state index contributed by atoms with van der Waals surface area (Å²) in [6, 6.07) is 6.54. The predicted octanol–water partition coefficient (Wildman–Crippen LogP) is 1.54. The fourth-order valence-corrected chi connectivity index (χ4v) is 1.78. The van der Waals surface area contributed by atoms with Gasteiger partial charge in [0.05, 0.1) is 6.61 Å². The zero-order valence-corrected chi connectivity index (χ0v) is 7.17. The molecule has 0 bridgehead atoms. The molecule has 1 aliphatic rings. The lowest BCUT2D eigenvalue weighted by molar-refractivity contribution is 0.281. The van der Waals surface area contributed by atoms with Crippen LogP contribution in [-0.4, -0.2) is 11.1 Å². The van der Waals surface area contributed by atoms with Crippen molar-refractivity contribution in [1.29, 1.82) is 0 Å². The minimum atomic E-state index is 0.150. The van der Waals surface area contributed by atoms with Crippen molar-refractivity contribution < 1.29 is 5.11 Å². The molecule has 0 aliphatic carbocycles. The number of rotatable bonds is 1. The zero-order chi connectivity index (χ0) is 8.55. The van der Waals surface area contributed by atoms with E-state index in [1.165, 1.54) is 11.3 Å². The van der Waals surface area contributed by atoms with Gasteiger partial charge >= 0.3 is 0 Å². The van der Waals surface area contributed by atoms with Crippen LogP contribution in [0, 0.1) is 0 Å². The molecule has 1 aliphatic heterocycles. The van der Waals surface area contributed by atoms with Gasteiger partial charge in [-0.3, -0.25) is 0 Å². The Hall–Kier alpha value is -1.02. The summed E-state index contributed by atoms with van der Waals surface area (Å²) in [5.41, 5.74) is 3.53. The number of hydrogen-bond acceptors (Lipinski definition) is 2. The van der Waals surface area contributed by atoms with E-state index < -0.39 is 0 Å². The first-order valence-electron chi connectivity index (χ1n) is 4.29. The molecule has 1 aromatic carbocycles. The SMILES string of the molecule is C[C@H]1Cc2c(CO)cccc2N1. The molecule has 0 aromatic heterocycles. The van der Waals surface area contributed by atoms with Crippen molar-refractivity contribution >= 4 is 5.69 Å². The van der Waals surface area contributed by atoms with E-state index in [1.54, 1.807) is 0 Å². The van der Waals surface area contributed by atoms with Crippen molar-refractivity contribution in [3.8, 4) is 0 Å². The minimum Gasteiger partial charge on any atom is -0.392 e. The third-order valence-corrected chi connectivity index (χ3v) is 2.36. The van der Waals surface area contributed by atoms with E-state index >= 15 is 0 Å². The lowest BCUT2D eigenvalue weighted by Crippen LogP contribution is -2.08. The fraction of sp³-hybridized carbons (Fsp3) is 0.400. The number of anilines is 1. The van der Waals surface area contributed by atoms with Gasteiger partial charge in [-0.2, -0.15) is 0 Å². The summed E-state index contributed by atoms with van der Waals surface area (Å²) in [5, 5.41) is 12.4. The van der Waals surface area contributed by atoms with Crippen LogP contribution in [0.3, 0.4) is 0 Å². The minimum absolute atomic E-state index is 0.150. The highest BCUT2D eigenvalue weighted by atomic mass is 16.3. The smallest absolute Gasteiger partial charge is 0.0685 e. The average Bonchev–Trinajstić information content (AvgIpc) is 2.44. The normalized spacial score (nSPS) is 20.3. The maximum absolute atomic E-state index is 9.06. The maximum atomic E-state index is 9.06. The summed E-state index contributed by atoms with van der Waals surface area (Å²) >= 11 is 0. The van der Waals surface area contributed by atoms with E-state index in [9.17, 15) is 0 Å². The first kappa shape index (κ1) is 7.62. The van der Waals surface area contributed by atoms with E-state index in [2.05, 4.69) is 18.3 Å². The summed E-state index contributed by atoms with van der Waals surface area (Å²) in [6.45, 7) is 2.30. The van der Waals surface area contributed by atoms with Crippen LogP contribution in [-0.2, 0) is 13.0 Å². The summed E-state index contributed by atoms with van der Waals surface area (Å²) < 4.78 is 0. The van der Waals surface area contributed by atoms with Gasteiger partial charge in [-0.15, -0.1) is 0 Å². The standard InChI is InChI=1S/C10H13NO/c1-7-5-9-8(6-12)3-2-4-10(9)11-7/h2-4,7,11-12H,5-6H2,1H3/t7-/m0/s1. The number of hydrogen-bond donors (Lipinski definition) is 2. The molecule has 1 atom stereocenters. The third kappa shape index (κ3) is 1.08. The van der Waals surface area contributed by atoms with Gasteiger partial charge in [0.15, 0.2) is 0 Å². The van der Waals surface area contributed by atoms with Crippen LogP contribution < -0.4 is 5.32 Å². The van der Waals surface area contributed by atoms with E-state index in [1.807, 2.05) is 12.1 Å². The van der Waals surface area contributed by atoms with Gasteiger partial charge in [-0.05, 0) is 30.5 Å². The number of aliphatic hydroxyl groups is 1. The number of nitrogens with one attached hydrogen (secondary N) is 1. The topological polar surface area (TPSA) is 32.3 Å². The van der Waals surface area contributed by atoms with Crippen LogP contribution in [0.15, 0.2) is 18.2 Å². The maximum Gasteiger partial charge on any atom is 0.0685 e. The van der Waals surface area contributed by atoms with Crippen molar-refractivity contribution in [3.05, 3.63) is 29.3 Å². The molecule has 1 heterocycles. The Kier molecular flexibility index (Phi) is 1.77. The van der Waals surface area contributed by atoms with Crippen LogP contribution in [0.4, 0.5) is 5.69 Å². The summed E-state index contributed by atoms with van der Waals surface area (Å²) in [7, 11) is 0. The summed E-state index contributed by atoms with van der Waals surface area (Å²) in [4.78, 5) is 0. The first-order valence-corrected chi connectivity index (χ1v) is 4.29. The van der Waals surface area contributed by atoms with Gasteiger partial charge in [0.2, 0.25) is 0 Å². The molecule has 0 amide bonds. The molecule has 0 saturated heterocycles. The molecule has 0 fully saturated rings. The molecule has 2 nitrogen and oxygen atoms in total. The second-order valence-electron chi connectivity index (χ2n) is 3.35. The van der Waals surface area contributed by atoms with Crippen LogP contribution in [0.1, 0.15) is 18.1 Å². The second-order valence-corrected chi connectivity index (χ2v) is 3.35. The molecule has 64 valence electrons. The molecule has 0 spiro atoms. The van der Waals surface area contributed by atoms with E-state index in [0.29, 0.717) is 6.04 Å². The third-order valence-electron chi connectivity index (χ3n) is 2.36. The van der Waals surface area contributed by atoms with E-state index in [4.69, 9.17) is 5.11 Å². The highest BCUT2D eigenvalue weighted by Gasteiger charge is 2.18. The molecule has 2 heteroatoms. The Balaban J connectivity index is 2.44. The quantitative estimate of drug-likeness (QED) is 0.658. The Morgan fingerprint density at radius 2 is 2.42 bits per heavy atom. The lowest BCUT2D eigenvalue weighted by atomic mass is 10.0. The molecular formula is C10H13NO. The van der Waals surface area contributed by atoms with Gasteiger partial charge < -0.3 is 10.4 Å². The van der Waals surface area contributed by atoms with Crippen molar-refractivity contribution in [1.82, 2.24) is 0 Å². The molecule has 0 unspecified atom stereocenters. The largest absolute Gasteiger partial charge is 0.392 e. The lowest BCUT2D eigenvalue weighted by Gasteiger charge is -2.03. The van der Waals surface area contributed by atoms with Gasteiger partial charge in [0.1, 0.15) is 0 Å². The Morgan fingerprint density at radius 3 is 3.17 bits per heavy atom. The van der Waals surface area contributed by atoms with E-state index in [-0.39, 0.29) is 6.61 Å². The zero-order valence-electron chi connectivity index (χ0n) is 7.17. The molecule has 12 heavy (non-hydrogen) atoms. The molecule has 2 rings (SSSR count). The van der Waals surface area contributed by atoms with Gasteiger partial charge in [0.25, 0.3) is 0 Å². The molecular weight excluding hydrogens is 150 g/mol. The van der Waals surface area contributed by atoms with Crippen LogP contribution in [0.2, 0.25) is 0 Å². The Labute approximate surface area is 72.2 Å². The summed E-state index contributed by atoms with van der Waals surface area (Å²) in [6.07, 6.45) is 1.03. The van der Waals surface area contributed by atoms with Gasteiger partial charge in [-0.25, -0.2) is 0 Å². The second kappa shape index (κ2) is 2.79. The number of benzene rings is 1. The van der Waals surface area contributed by atoms with Crippen LogP contribution in [0.25, 0.3) is 0 Å². The van der Waals surface area contributed by atoms with Crippen LogP contribution in [0.5, 0.6) is 0 Å². The monoisotopic (exact) mass is 163 g/mol. The Bertz CT molecular complexity index is 296. The average molecular weight is 163 g/mol. The molecule has 2 N–H and O–H groups in total. The van der Waals surface area contributed by atoms with Crippen molar-refractivity contribution in [2.24, 2.45) is 0 Å². The van der Waals surface area contributed by atoms with Crippen molar-refractivity contribution in [2.75, 3.05) is 5.32 Å². The molecule has 1 aromatic rings. The van der Waals surface area contributed by atoms with Gasteiger partial charge in [0, 0.05) is 11.7 Å². The van der Waals surface area contributed by atoms with Crippen LogP contribution >= 0.6 is 0 Å². The summed E-state index contributed by atoms with van der Waals surface area (Å²) in [5.74, 6) is 0. The first-order chi connectivity index (χ1) is 5.81. The molecule has 0 saturated carbocycles. The highest BCUT2D eigenvalue weighted by Crippen LogP contribution is 2.28. The predicted molar refractivity (Wildman–Crippen MR) is 49.2 cm³/mol. The fourth-order valence-electron chi connectivity index (χ4n) is 1.78. The van der Waals surface area contributed by atoms with Gasteiger partial charge in [-0.1, -0.05) is 12.1 Å². The van der Waals surface area contributed by atoms with E-state index in [0.717, 1.165) is 12.0 Å². The van der Waals surface area contributed by atoms with Crippen molar-refractivity contribution in [3.63, 3.8) is 0 Å². The number of fused-ring (bicyclic) bond motifs is 1. The Morgan fingerprint density at radius 1 is 1.58 bits per heavy atom. The highest BCUT2D eigenvalue weighted by molar-refractivity contribution is 5.59. The van der Waals surface area contributed by atoms with Crippen molar-refractivity contribution in [2.45, 2.75) is 26.0 Å².